The van der Waals surface area contributed by atoms with Crippen molar-refractivity contribution in [3.05, 3.63) is 48.4 Å². The molecule has 148 valence electrons. The topological polar surface area (TPSA) is 84.1 Å². The van der Waals surface area contributed by atoms with Crippen LogP contribution in [0.5, 0.6) is 5.75 Å². The van der Waals surface area contributed by atoms with Crippen LogP contribution >= 0.6 is 0 Å². The molecule has 6 nitrogen and oxygen atoms in total. The van der Waals surface area contributed by atoms with Crippen molar-refractivity contribution in [3.63, 3.8) is 0 Å². The predicted octanol–water partition coefficient (Wildman–Crippen LogP) is 3.88. The maximum atomic E-state index is 12.5. The molecule has 0 unspecified atom stereocenters. The van der Waals surface area contributed by atoms with Gasteiger partial charge in [-0.2, -0.15) is 21.6 Å². The van der Waals surface area contributed by atoms with E-state index >= 15 is 0 Å². The molecule has 0 bridgehead atoms. The molecule has 2 aromatic carbocycles. The molecule has 3 aromatic rings. The minimum Gasteiger partial charge on any atom is -0.376 e. The zero-order valence-corrected chi connectivity index (χ0v) is 15.3. The first-order valence-corrected chi connectivity index (χ1v) is 9.97. The third-order valence-electron chi connectivity index (χ3n) is 4.60. The number of halogens is 3. The van der Waals surface area contributed by atoms with Gasteiger partial charge in [-0.05, 0) is 48.4 Å². The lowest BCUT2D eigenvalue weighted by molar-refractivity contribution is -0.0500. The fourth-order valence-electron chi connectivity index (χ4n) is 3.20. The van der Waals surface area contributed by atoms with Gasteiger partial charge >= 0.3 is 15.6 Å². The molecule has 2 heterocycles. The quantitative estimate of drug-likeness (QED) is 0.503. The summed E-state index contributed by atoms with van der Waals surface area (Å²) in [5.41, 5.74) is -3.79. The first kappa shape index (κ1) is 18.8. The monoisotopic (exact) mass is 411 g/mol. The van der Waals surface area contributed by atoms with Crippen LogP contribution in [0.3, 0.4) is 0 Å². The Balaban J connectivity index is 1.60. The number of hydrogen-bond donors (Lipinski definition) is 2. The van der Waals surface area contributed by atoms with E-state index in [0.29, 0.717) is 5.39 Å². The van der Waals surface area contributed by atoms with E-state index in [1.807, 2.05) is 6.07 Å². The van der Waals surface area contributed by atoms with Gasteiger partial charge in [0, 0.05) is 5.56 Å². The molecule has 10 heteroatoms. The SMILES string of the molecule is O=S(=O)(Oc1ccc2cc(-c3cnc([C@@H]4CCCN4)[nH]3)ccc2c1)C(F)(F)F. The van der Waals surface area contributed by atoms with Crippen molar-refractivity contribution >= 4 is 20.9 Å². The molecule has 1 fully saturated rings. The molecule has 0 radical (unpaired) electrons. The molecule has 0 saturated carbocycles. The third-order valence-corrected chi connectivity index (χ3v) is 5.58. The summed E-state index contributed by atoms with van der Waals surface area (Å²) in [4.78, 5) is 7.71. The summed E-state index contributed by atoms with van der Waals surface area (Å²) in [6.45, 7) is 0.963. The highest BCUT2D eigenvalue weighted by molar-refractivity contribution is 7.88. The van der Waals surface area contributed by atoms with Crippen molar-refractivity contribution < 1.29 is 25.8 Å². The second-order valence-electron chi connectivity index (χ2n) is 6.54. The number of fused-ring (bicyclic) bond motifs is 1. The molecule has 28 heavy (non-hydrogen) atoms. The Morgan fingerprint density at radius 1 is 1.11 bits per heavy atom. The molecule has 2 N–H and O–H groups in total. The maximum Gasteiger partial charge on any atom is 0.534 e. The van der Waals surface area contributed by atoms with Crippen LogP contribution in [0.25, 0.3) is 22.0 Å². The number of nitrogens with one attached hydrogen (secondary N) is 2. The molecule has 0 spiro atoms. The van der Waals surface area contributed by atoms with Crippen molar-refractivity contribution in [2.45, 2.75) is 24.4 Å². The summed E-state index contributed by atoms with van der Waals surface area (Å²) in [6, 6.07) is 9.48. The van der Waals surface area contributed by atoms with Crippen molar-refractivity contribution in [2.75, 3.05) is 6.54 Å². The van der Waals surface area contributed by atoms with Gasteiger partial charge in [0.25, 0.3) is 0 Å². The number of imidazole rings is 1. The standard InChI is InChI=1S/C18H16F3N3O3S/c19-18(20,21)28(25,26)27-14-6-5-11-8-13(4-3-12(11)9-14)16-10-23-17(24-16)15-2-1-7-22-15/h3-6,8-10,15,22H,1-2,7H2,(H,23,24)/t15-/m0/s1. The summed E-state index contributed by atoms with van der Waals surface area (Å²) in [5.74, 6) is 0.474. The largest absolute Gasteiger partial charge is 0.534 e. The first-order valence-electron chi connectivity index (χ1n) is 8.56. The summed E-state index contributed by atoms with van der Waals surface area (Å²) in [7, 11) is -5.70. The molecule has 1 atom stereocenters. The molecule has 1 aliphatic heterocycles. The van der Waals surface area contributed by atoms with Crippen LogP contribution in [0.2, 0.25) is 0 Å². The van der Waals surface area contributed by atoms with Gasteiger partial charge in [-0.25, -0.2) is 4.98 Å². The fraction of sp³-hybridized carbons (Fsp3) is 0.278. The van der Waals surface area contributed by atoms with Crippen molar-refractivity contribution in [1.82, 2.24) is 15.3 Å². The van der Waals surface area contributed by atoms with Gasteiger partial charge in [-0.1, -0.05) is 18.2 Å². The van der Waals surface area contributed by atoms with Crippen LogP contribution in [-0.4, -0.2) is 30.4 Å². The van der Waals surface area contributed by atoms with Crippen molar-refractivity contribution in [3.8, 4) is 17.0 Å². The lowest BCUT2D eigenvalue weighted by atomic mass is 10.1. The third kappa shape index (κ3) is 3.57. The Kier molecular flexibility index (Phi) is 4.54. The highest BCUT2D eigenvalue weighted by Crippen LogP contribution is 2.31. The van der Waals surface area contributed by atoms with Crippen LogP contribution < -0.4 is 9.50 Å². The molecule has 0 aliphatic carbocycles. The first-order chi connectivity index (χ1) is 13.2. The zero-order valence-electron chi connectivity index (χ0n) is 14.5. The van der Waals surface area contributed by atoms with E-state index in [-0.39, 0.29) is 6.04 Å². The molecular weight excluding hydrogens is 395 g/mol. The highest BCUT2D eigenvalue weighted by Gasteiger charge is 2.48. The van der Waals surface area contributed by atoms with Gasteiger partial charge < -0.3 is 14.5 Å². The van der Waals surface area contributed by atoms with Gasteiger partial charge in [0.1, 0.15) is 11.6 Å². The lowest BCUT2D eigenvalue weighted by Crippen LogP contribution is -2.28. The van der Waals surface area contributed by atoms with E-state index in [2.05, 4.69) is 19.5 Å². The number of aromatic amines is 1. The minimum absolute atomic E-state index is 0.212. The Hall–Kier alpha value is -2.59. The molecule has 1 aliphatic rings. The van der Waals surface area contributed by atoms with E-state index in [9.17, 15) is 21.6 Å². The van der Waals surface area contributed by atoms with Gasteiger partial charge in [0.05, 0.1) is 17.9 Å². The van der Waals surface area contributed by atoms with E-state index in [4.69, 9.17) is 0 Å². The zero-order chi connectivity index (χ0) is 19.9. The summed E-state index contributed by atoms with van der Waals surface area (Å²) < 4.78 is 63.8. The van der Waals surface area contributed by atoms with E-state index in [1.54, 1.807) is 18.3 Å². The number of hydrogen-bond acceptors (Lipinski definition) is 5. The second-order valence-corrected chi connectivity index (χ2v) is 8.08. The van der Waals surface area contributed by atoms with Gasteiger partial charge in [-0.3, -0.25) is 0 Å². The summed E-state index contributed by atoms with van der Waals surface area (Å²) >= 11 is 0. The lowest BCUT2D eigenvalue weighted by Gasteiger charge is -2.10. The molecule has 1 aromatic heterocycles. The van der Waals surface area contributed by atoms with Crippen LogP contribution in [0.4, 0.5) is 13.2 Å². The molecule has 0 amide bonds. The Morgan fingerprint density at radius 2 is 1.86 bits per heavy atom. The summed E-state index contributed by atoms with van der Waals surface area (Å²) in [6.07, 6.45) is 3.86. The normalized spacial score (nSPS) is 17.9. The Labute approximate surface area is 158 Å². The van der Waals surface area contributed by atoms with E-state index in [0.717, 1.165) is 41.9 Å². The number of nitrogens with zero attached hydrogens (tertiary/aromatic N) is 1. The maximum absolute atomic E-state index is 12.5. The van der Waals surface area contributed by atoms with E-state index in [1.165, 1.54) is 18.2 Å². The molecular formula is C18H16F3N3O3S. The number of rotatable bonds is 4. The Morgan fingerprint density at radius 3 is 2.57 bits per heavy atom. The van der Waals surface area contributed by atoms with Gasteiger partial charge in [0.15, 0.2) is 0 Å². The second kappa shape index (κ2) is 6.78. The van der Waals surface area contributed by atoms with Crippen LogP contribution in [-0.2, 0) is 10.1 Å². The van der Waals surface area contributed by atoms with Crippen LogP contribution in [0.1, 0.15) is 24.7 Å². The minimum atomic E-state index is -5.70. The Bertz CT molecular complexity index is 1120. The van der Waals surface area contributed by atoms with Crippen LogP contribution in [0, 0.1) is 0 Å². The fourth-order valence-corrected chi connectivity index (χ4v) is 3.65. The molecule has 4 rings (SSSR count). The number of H-pyrrole nitrogens is 1. The highest BCUT2D eigenvalue weighted by atomic mass is 32.2. The number of alkyl halides is 3. The van der Waals surface area contributed by atoms with Crippen molar-refractivity contribution in [1.29, 1.82) is 0 Å². The average Bonchev–Trinajstić information content (AvgIpc) is 3.31. The smallest absolute Gasteiger partial charge is 0.376 e. The summed E-state index contributed by atoms with van der Waals surface area (Å²) in [5, 5.41) is 4.64. The van der Waals surface area contributed by atoms with Gasteiger partial charge in [0.2, 0.25) is 0 Å². The van der Waals surface area contributed by atoms with Gasteiger partial charge in [-0.15, -0.1) is 0 Å². The van der Waals surface area contributed by atoms with E-state index < -0.39 is 21.4 Å². The number of aromatic nitrogens is 2. The predicted molar refractivity (Wildman–Crippen MR) is 97.1 cm³/mol. The molecule has 1 saturated heterocycles. The average molecular weight is 411 g/mol. The van der Waals surface area contributed by atoms with Crippen molar-refractivity contribution in [2.24, 2.45) is 0 Å². The van der Waals surface area contributed by atoms with Crippen LogP contribution in [0.15, 0.2) is 42.6 Å². The number of benzene rings is 2.